The molecule has 3 aromatic carbocycles. The van der Waals surface area contributed by atoms with Crippen molar-refractivity contribution >= 4 is 6.08 Å². The molecule has 1 aliphatic rings. The summed E-state index contributed by atoms with van der Waals surface area (Å²) in [5.41, 5.74) is 6.53. The predicted molar refractivity (Wildman–Crippen MR) is 119 cm³/mol. The van der Waals surface area contributed by atoms with Crippen LogP contribution in [0.25, 0.3) is 6.08 Å². The lowest BCUT2D eigenvalue weighted by molar-refractivity contribution is 0.627. The van der Waals surface area contributed by atoms with Gasteiger partial charge in [0.15, 0.2) is 0 Å². The first-order valence-corrected chi connectivity index (χ1v) is 10.5. The first-order chi connectivity index (χ1) is 14.2. The van der Waals surface area contributed by atoms with Crippen molar-refractivity contribution < 1.29 is 4.39 Å². The third-order valence-electron chi connectivity index (χ3n) is 5.72. The summed E-state index contributed by atoms with van der Waals surface area (Å²) >= 11 is 0. The van der Waals surface area contributed by atoms with Crippen molar-refractivity contribution in [2.45, 2.75) is 44.7 Å². The summed E-state index contributed by atoms with van der Waals surface area (Å²) in [7, 11) is 0. The highest BCUT2D eigenvalue weighted by Crippen LogP contribution is 2.41. The van der Waals surface area contributed by atoms with Gasteiger partial charge in [-0.15, -0.1) is 0 Å². The van der Waals surface area contributed by atoms with Gasteiger partial charge in [0.05, 0.1) is 0 Å². The lowest BCUT2D eigenvalue weighted by Gasteiger charge is -2.07. The molecule has 0 bridgehead atoms. The van der Waals surface area contributed by atoms with Crippen LogP contribution in [0.15, 0.2) is 78.9 Å². The molecule has 29 heavy (non-hydrogen) atoms. The lowest BCUT2D eigenvalue weighted by atomic mass is 10.0. The van der Waals surface area contributed by atoms with E-state index in [2.05, 4.69) is 66.0 Å². The molecule has 1 fully saturated rings. The second-order valence-electron chi connectivity index (χ2n) is 7.94. The fourth-order valence-corrected chi connectivity index (χ4v) is 3.85. The molecule has 3 aromatic rings. The Labute approximate surface area is 173 Å². The van der Waals surface area contributed by atoms with Gasteiger partial charge in [0, 0.05) is 18.5 Å². The molecular weight excluding hydrogens is 357 g/mol. The van der Waals surface area contributed by atoms with Crippen molar-refractivity contribution in [1.82, 2.24) is 5.32 Å². The topological polar surface area (TPSA) is 12.0 Å². The largest absolute Gasteiger partial charge is 0.309 e. The van der Waals surface area contributed by atoms with Gasteiger partial charge in [0.2, 0.25) is 0 Å². The van der Waals surface area contributed by atoms with Crippen molar-refractivity contribution in [2.24, 2.45) is 0 Å². The second kappa shape index (κ2) is 9.19. The monoisotopic (exact) mass is 385 g/mol. The maximum absolute atomic E-state index is 13.0. The van der Waals surface area contributed by atoms with Crippen LogP contribution in [0.4, 0.5) is 4.39 Å². The zero-order valence-electron chi connectivity index (χ0n) is 16.9. The summed E-state index contributed by atoms with van der Waals surface area (Å²) in [6.07, 6.45) is 7.33. The molecule has 0 aromatic heterocycles. The van der Waals surface area contributed by atoms with E-state index < -0.39 is 0 Å². The molecule has 148 valence electrons. The third kappa shape index (κ3) is 5.42. The van der Waals surface area contributed by atoms with Crippen LogP contribution in [0.2, 0.25) is 0 Å². The molecule has 2 atom stereocenters. The molecule has 0 spiro atoms. The van der Waals surface area contributed by atoms with E-state index in [1.165, 1.54) is 46.4 Å². The zero-order chi connectivity index (χ0) is 20.1. The molecule has 1 saturated carbocycles. The SMILES string of the molecule is C/C=C/c1ccc(CNC2CC2c2ccc(CCc3ccc(F)cc3)cc2)cc1. The van der Waals surface area contributed by atoms with Crippen molar-refractivity contribution in [3.63, 3.8) is 0 Å². The number of nitrogens with one attached hydrogen (secondary N) is 1. The highest BCUT2D eigenvalue weighted by atomic mass is 19.1. The normalized spacial score (nSPS) is 18.3. The van der Waals surface area contributed by atoms with E-state index >= 15 is 0 Å². The third-order valence-corrected chi connectivity index (χ3v) is 5.72. The smallest absolute Gasteiger partial charge is 0.123 e. The Morgan fingerprint density at radius 1 is 0.828 bits per heavy atom. The van der Waals surface area contributed by atoms with Crippen LogP contribution in [-0.4, -0.2) is 6.04 Å². The van der Waals surface area contributed by atoms with Crippen molar-refractivity contribution in [3.05, 3.63) is 113 Å². The van der Waals surface area contributed by atoms with Crippen LogP contribution < -0.4 is 5.32 Å². The van der Waals surface area contributed by atoms with Gasteiger partial charge in [-0.25, -0.2) is 4.39 Å². The molecule has 4 rings (SSSR count). The number of allylic oxidation sites excluding steroid dienone is 1. The molecule has 0 aliphatic heterocycles. The maximum Gasteiger partial charge on any atom is 0.123 e. The van der Waals surface area contributed by atoms with E-state index in [1.807, 2.05) is 19.1 Å². The van der Waals surface area contributed by atoms with Crippen molar-refractivity contribution in [3.8, 4) is 0 Å². The van der Waals surface area contributed by atoms with Crippen molar-refractivity contribution in [1.29, 1.82) is 0 Å². The molecule has 0 heterocycles. The number of rotatable bonds is 8. The first kappa shape index (κ1) is 19.6. The summed E-state index contributed by atoms with van der Waals surface area (Å²) in [6, 6.07) is 25.2. The number of halogens is 1. The fraction of sp³-hybridized carbons (Fsp3) is 0.259. The van der Waals surface area contributed by atoms with E-state index in [0.717, 1.165) is 19.4 Å². The molecule has 2 unspecified atom stereocenters. The van der Waals surface area contributed by atoms with Gasteiger partial charge in [-0.2, -0.15) is 0 Å². The Kier molecular flexibility index (Phi) is 6.21. The second-order valence-corrected chi connectivity index (χ2v) is 7.94. The average Bonchev–Trinajstić information content (AvgIpc) is 3.53. The van der Waals surface area contributed by atoms with Gasteiger partial charge in [-0.1, -0.05) is 72.8 Å². The summed E-state index contributed by atoms with van der Waals surface area (Å²) in [5.74, 6) is 0.458. The van der Waals surface area contributed by atoms with Crippen molar-refractivity contribution in [2.75, 3.05) is 0 Å². The Morgan fingerprint density at radius 2 is 1.41 bits per heavy atom. The van der Waals surface area contributed by atoms with Crippen LogP contribution in [-0.2, 0) is 19.4 Å². The Balaban J connectivity index is 1.24. The number of hydrogen-bond acceptors (Lipinski definition) is 1. The van der Waals surface area contributed by atoms with Gasteiger partial charge < -0.3 is 5.32 Å². The minimum atomic E-state index is -0.170. The van der Waals surface area contributed by atoms with E-state index in [-0.39, 0.29) is 5.82 Å². The van der Waals surface area contributed by atoms with Crippen LogP contribution in [0, 0.1) is 5.82 Å². The fourth-order valence-electron chi connectivity index (χ4n) is 3.85. The van der Waals surface area contributed by atoms with Crippen LogP contribution in [0.3, 0.4) is 0 Å². The Morgan fingerprint density at radius 3 is 2.03 bits per heavy atom. The molecule has 1 nitrogen and oxygen atoms in total. The summed E-state index contributed by atoms with van der Waals surface area (Å²) in [4.78, 5) is 0. The molecule has 2 heteroatoms. The maximum atomic E-state index is 13.0. The van der Waals surface area contributed by atoms with Gasteiger partial charge in [-0.05, 0) is 66.1 Å². The number of hydrogen-bond donors (Lipinski definition) is 1. The highest BCUT2D eigenvalue weighted by molar-refractivity contribution is 5.49. The van der Waals surface area contributed by atoms with Gasteiger partial charge in [0.1, 0.15) is 5.82 Å². The van der Waals surface area contributed by atoms with E-state index in [4.69, 9.17) is 0 Å². The standard InChI is InChI=1S/C27H28FN/c1-2-3-20-6-8-23(9-7-20)19-29-27-18-26(27)24-14-10-21(11-15-24)4-5-22-12-16-25(28)17-13-22/h2-3,6-17,26-27,29H,4-5,18-19H2,1H3/b3-2+. The van der Waals surface area contributed by atoms with E-state index in [0.29, 0.717) is 12.0 Å². The summed E-state index contributed by atoms with van der Waals surface area (Å²) in [6.45, 7) is 2.97. The van der Waals surface area contributed by atoms with Gasteiger partial charge >= 0.3 is 0 Å². The molecule has 0 saturated heterocycles. The minimum Gasteiger partial charge on any atom is -0.309 e. The Bertz CT molecular complexity index is 939. The predicted octanol–water partition coefficient (Wildman–Crippen LogP) is 6.29. The number of aryl methyl sites for hydroxylation is 2. The molecular formula is C27H28FN. The average molecular weight is 386 g/mol. The summed E-state index contributed by atoms with van der Waals surface area (Å²) in [5, 5.41) is 3.69. The lowest BCUT2D eigenvalue weighted by Crippen LogP contribution is -2.17. The van der Waals surface area contributed by atoms with Crippen LogP contribution >= 0.6 is 0 Å². The van der Waals surface area contributed by atoms with Crippen LogP contribution in [0.5, 0.6) is 0 Å². The number of benzene rings is 3. The van der Waals surface area contributed by atoms with Gasteiger partial charge in [0.25, 0.3) is 0 Å². The minimum absolute atomic E-state index is 0.170. The first-order valence-electron chi connectivity index (χ1n) is 10.5. The molecule has 1 N–H and O–H groups in total. The Hall–Kier alpha value is -2.71. The highest BCUT2D eigenvalue weighted by Gasteiger charge is 2.37. The van der Waals surface area contributed by atoms with E-state index in [1.54, 1.807) is 0 Å². The van der Waals surface area contributed by atoms with Gasteiger partial charge in [-0.3, -0.25) is 0 Å². The van der Waals surface area contributed by atoms with E-state index in [9.17, 15) is 4.39 Å². The zero-order valence-corrected chi connectivity index (χ0v) is 16.9. The molecule has 0 radical (unpaired) electrons. The molecule has 0 amide bonds. The molecule has 1 aliphatic carbocycles. The summed E-state index contributed by atoms with van der Waals surface area (Å²) < 4.78 is 13.0. The quantitative estimate of drug-likeness (QED) is 0.480. The van der Waals surface area contributed by atoms with Crippen LogP contribution in [0.1, 0.15) is 47.1 Å².